The summed E-state index contributed by atoms with van der Waals surface area (Å²) in [4.78, 5) is 10.1. The van der Waals surface area contributed by atoms with Crippen LogP contribution in [0.1, 0.15) is 5.56 Å². The van der Waals surface area contributed by atoms with Gasteiger partial charge in [0.05, 0.1) is 17.3 Å². The van der Waals surface area contributed by atoms with Gasteiger partial charge in [-0.1, -0.05) is 6.07 Å². The van der Waals surface area contributed by atoms with E-state index >= 15 is 0 Å². The zero-order chi connectivity index (χ0) is 9.68. The summed E-state index contributed by atoms with van der Waals surface area (Å²) < 4.78 is 0. The molecule has 0 atom stereocenters. The van der Waals surface area contributed by atoms with Crippen LogP contribution in [0.2, 0.25) is 0 Å². The molecule has 1 rings (SSSR count). The topological polar surface area (TPSA) is 85.2 Å². The number of benzene rings is 1. The highest BCUT2D eigenvalue weighted by Gasteiger charge is 1.95. The second-order valence-electron chi connectivity index (χ2n) is 2.25. The lowest BCUT2D eigenvalue weighted by atomic mass is 10.2. The van der Waals surface area contributed by atoms with E-state index in [1.54, 1.807) is 18.2 Å². The minimum atomic E-state index is -1.18. The first-order valence-corrected chi connectivity index (χ1v) is 3.47. The Labute approximate surface area is 74.6 Å². The minimum Gasteiger partial charge on any atom is -0.464 e. The number of carbonyl (C=O) groups is 1. The molecule has 66 valence electrons. The summed E-state index contributed by atoms with van der Waals surface area (Å²) in [6.07, 6.45) is -1.18. The third-order valence-corrected chi connectivity index (χ3v) is 1.31. The maximum Gasteiger partial charge on any atom is 0.423 e. The van der Waals surface area contributed by atoms with Crippen molar-refractivity contribution < 1.29 is 9.90 Å². The SMILES string of the molecule is N#Cc1cccc(NNC(=O)O)c1. The van der Waals surface area contributed by atoms with E-state index in [1.165, 1.54) is 6.07 Å². The molecule has 0 aromatic heterocycles. The van der Waals surface area contributed by atoms with Gasteiger partial charge in [0.25, 0.3) is 0 Å². The third kappa shape index (κ3) is 2.71. The summed E-state index contributed by atoms with van der Waals surface area (Å²) in [6.45, 7) is 0. The Bertz CT molecular complexity index is 357. The lowest BCUT2D eigenvalue weighted by molar-refractivity contribution is 0.197. The van der Waals surface area contributed by atoms with E-state index in [2.05, 4.69) is 5.43 Å². The van der Waals surface area contributed by atoms with Gasteiger partial charge in [-0.25, -0.2) is 10.2 Å². The number of hydrogen-bond acceptors (Lipinski definition) is 3. The molecule has 1 aromatic carbocycles. The van der Waals surface area contributed by atoms with Crippen molar-refractivity contribution in [2.45, 2.75) is 0 Å². The number of hydrogen-bond donors (Lipinski definition) is 3. The molecule has 0 aliphatic carbocycles. The number of nitrogens with zero attached hydrogens (tertiary/aromatic N) is 1. The van der Waals surface area contributed by atoms with Crippen molar-refractivity contribution in [3.05, 3.63) is 29.8 Å². The molecule has 13 heavy (non-hydrogen) atoms. The lowest BCUT2D eigenvalue weighted by Crippen LogP contribution is -2.27. The Morgan fingerprint density at radius 3 is 2.92 bits per heavy atom. The van der Waals surface area contributed by atoms with Crippen molar-refractivity contribution >= 4 is 11.8 Å². The van der Waals surface area contributed by atoms with E-state index in [0.717, 1.165) is 0 Å². The van der Waals surface area contributed by atoms with Crippen LogP contribution in [-0.2, 0) is 0 Å². The zero-order valence-electron chi connectivity index (χ0n) is 6.61. The molecule has 0 aliphatic rings. The second kappa shape index (κ2) is 3.97. The molecule has 0 bridgehead atoms. The first-order chi connectivity index (χ1) is 6.22. The molecule has 0 saturated carbocycles. The number of anilines is 1. The number of nitrogens with one attached hydrogen (secondary N) is 2. The standard InChI is InChI=1S/C8H7N3O2/c9-5-6-2-1-3-7(4-6)10-11-8(12)13/h1-4,10-11H,(H,12,13). The van der Waals surface area contributed by atoms with Gasteiger partial charge in [0.1, 0.15) is 0 Å². The summed E-state index contributed by atoms with van der Waals surface area (Å²) in [6, 6.07) is 8.42. The first kappa shape index (κ1) is 8.87. The molecule has 0 fully saturated rings. The smallest absolute Gasteiger partial charge is 0.423 e. The van der Waals surface area contributed by atoms with Gasteiger partial charge in [0.2, 0.25) is 0 Å². The molecular formula is C8H7N3O2. The van der Waals surface area contributed by atoms with Crippen LogP contribution < -0.4 is 10.9 Å². The van der Waals surface area contributed by atoms with Gasteiger partial charge in [-0.15, -0.1) is 0 Å². The quantitative estimate of drug-likeness (QED) is 0.591. The molecule has 3 N–H and O–H groups in total. The number of amides is 1. The molecule has 0 radical (unpaired) electrons. The Hall–Kier alpha value is -2.22. The second-order valence-corrected chi connectivity index (χ2v) is 2.25. The van der Waals surface area contributed by atoms with Crippen LogP contribution in [0.15, 0.2) is 24.3 Å². The predicted molar refractivity (Wildman–Crippen MR) is 45.9 cm³/mol. The van der Waals surface area contributed by atoms with Crippen molar-refractivity contribution in [1.82, 2.24) is 5.43 Å². The molecule has 0 aliphatic heterocycles. The number of carboxylic acid groups (broad SMARTS) is 1. The van der Waals surface area contributed by atoms with E-state index < -0.39 is 6.09 Å². The van der Waals surface area contributed by atoms with Crippen molar-refractivity contribution in [3.8, 4) is 6.07 Å². The Kier molecular flexibility index (Phi) is 2.71. The molecule has 0 heterocycles. The van der Waals surface area contributed by atoms with Gasteiger partial charge in [-0.05, 0) is 18.2 Å². The highest BCUT2D eigenvalue weighted by Crippen LogP contribution is 2.07. The van der Waals surface area contributed by atoms with E-state index in [9.17, 15) is 4.79 Å². The van der Waals surface area contributed by atoms with Crippen LogP contribution in [-0.4, -0.2) is 11.2 Å². The number of hydrazine groups is 1. The van der Waals surface area contributed by atoms with Crippen LogP contribution in [0, 0.1) is 11.3 Å². The van der Waals surface area contributed by atoms with Crippen LogP contribution in [0.3, 0.4) is 0 Å². The van der Waals surface area contributed by atoms with E-state index in [0.29, 0.717) is 11.3 Å². The van der Waals surface area contributed by atoms with Crippen LogP contribution in [0.25, 0.3) is 0 Å². The van der Waals surface area contributed by atoms with E-state index in [1.807, 2.05) is 11.5 Å². The fourth-order valence-corrected chi connectivity index (χ4v) is 0.792. The molecule has 5 heteroatoms. The van der Waals surface area contributed by atoms with E-state index in [4.69, 9.17) is 10.4 Å². The van der Waals surface area contributed by atoms with Crippen molar-refractivity contribution in [2.24, 2.45) is 0 Å². The summed E-state index contributed by atoms with van der Waals surface area (Å²) >= 11 is 0. The average Bonchev–Trinajstić information content (AvgIpc) is 2.15. The summed E-state index contributed by atoms with van der Waals surface area (Å²) in [5.41, 5.74) is 5.39. The first-order valence-electron chi connectivity index (χ1n) is 3.47. The maximum absolute atomic E-state index is 10.1. The van der Waals surface area contributed by atoms with Crippen LogP contribution in [0.5, 0.6) is 0 Å². The van der Waals surface area contributed by atoms with Gasteiger partial charge in [-0.2, -0.15) is 5.26 Å². The minimum absolute atomic E-state index is 0.470. The molecule has 1 aromatic rings. The molecule has 0 unspecified atom stereocenters. The lowest BCUT2D eigenvalue weighted by Gasteiger charge is -2.04. The molecular weight excluding hydrogens is 170 g/mol. The summed E-state index contributed by atoms with van der Waals surface area (Å²) in [5.74, 6) is 0. The van der Waals surface area contributed by atoms with Crippen LogP contribution >= 0.6 is 0 Å². The zero-order valence-corrected chi connectivity index (χ0v) is 6.61. The fourth-order valence-electron chi connectivity index (χ4n) is 0.792. The van der Waals surface area contributed by atoms with Gasteiger partial charge >= 0.3 is 6.09 Å². The maximum atomic E-state index is 10.1. The summed E-state index contributed by atoms with van der Waals surface area (Å²) in [7, 11) is 0. The van der Waals surface area contributed by atoms with Crippen molar-refractivity contribution in [2.75, 3.05) is 5.43 Å². The van der Waals surface area contributed by atoms with Gasteiger partial charge in [0, 0.05) is 0 Å². The Morgan fingerprint density at radius 1 is 1.54 bits per heavy atom. The summed E-state index contributed by atoms with van der Waals surface area (Å²) in [5, 5.41) is 16.8. The van der Waals surface area contributed by atoms with Crippen molar-refractivity contribution in [1.29, 1.82) is 5.26 Å². The van der Waals surface area contributed by atoms with Crippen molar-refractivity contribution in [3.63, 3.8) is 0 Å². The third-order valence-electron chi connectivity index (χ3n) is 1.31. The Morgan fingerprint density at radius 2 is 2.31 bits per heavy atom. The van der Waals surface area contributed by atoms with E-state index in [-0.39, 0.29) is 0 Å². The number of rotatable bonds is 2. The highest BCUT2D eigenvalue weighted by atomic mass is 16.4. The normalized spacial score (nSPS) is 8.54. The largest absolute Gasteiger partial charge is 0.464 e. The Balaban J connectivity index is 2.68. The molecule has 0 saturated heterocycles. The molecule has 5 nitrogen and oxygen atoms in total. The number of nitriles is 1. The predicted octanol–water partition coefficient (Wildman–Crippen LogP) is 1.15. The van der Waals surface area contributed by atoms with Gasteiger partial charge < -0.3 is 5.11 Å². The highest BCUT2D eigenvalue weighted by molar-refractivity contribution is 5.67. The molecule has 1 amide bonds. The van der Waals surface area contributed by atoms with Crippen LogP contribution in [0.4, 0.5) is 10.5 Å². The van der Waals surface area contributed by atoms with Gasteiger partial charge in [0.15, 0.2) is 0 Å². The fraction of sp³-hybridized carbons (Fsp3) is 0. The monoisotopic (exact) mass is 177 g/mol. The molecule has 0 spiro atoms. The van der Waals surface area contributed by atoms with Gasteiger partial charge in [-0.3, -0.25) is 5.43 Å². The average molecular weight is 177 g/mol.